The lowest BCUT2D eigenvalue weighted by Crippen LogP contribution is -2.47. The van der Waals surface area contributed by atoms with Crippen LogP contribution in [0.4, 0.5) is 5.69 Å². The summed E-state index contributed by atoms with van der Waals surface area (Å²) in [6, 6.07) is 5.35. The lowest BCUT2D eigenvalue weighted by molar-refractivity contribution is -0.117. The highest BCUT2D eigenvalue weighted by Crippen LogP contribution is 2.28. The lowest BCUT2D eigenvalue weighted by Gasteiger charge is -2.31. The van der Waals surface area contributed by atoms with Crippen LogP contribution in [0, 0.1) is 0 Å². The van der Waals surface area contributed by atoms with Crippen molar-refractivity contribution in [2.75, 3.05) is 59.3 Å². The monoisotopic (exact) mass is 293 g/mol. The Morgan fingerprint density at radius 2 is 1.90 bits per heavy atom. The van der Waals surface area contributed by atoms with Gasteiger partial charge in [-0.05, 0) is 19.2 Å². The molecule has 0 aromatic heterocycles. The van der Waals surface area contributed by atoms with Gasteiger partial charge >= 0.3 is 0 Å². The van der Waals surface area contributed by atoms with E-state index in [1.54, 1.807) is 32.4 Å². The number of hydrogen-bond donors (Lipinski definition) is 1. The van der Waals surface area contributed by atoms with Gasteiger partial charge in [0.25, 0.3) is 0 Å². The van der Waals surface area contributed by atoms with Gasteiger partial charge in [0.15, 0.2) is 0 Å². The van der Waals surface area contributed by atoms with Crippen LogP contribution >= 0.6 is 0 Å². The van der Waals surface area contributed by atoms with E-state index in [9.17, 15) is 4.79 Å². The van der Waals surface area contributed by atoms with Gasteiger partial charge in [0.1, 0.15) is 11.5 Å². The number of methoxy groups -OCH3 is 2. The van der Waals surface area contributed by atoms with Gasteiger partial charge in [0.05, 0.1) is 26.5 Å². The highest BCUT2D eigenvalue weighted by Gasteiger charge is 2.17. The van der Waals surface area contributed by atoms with Gasteiger partial charge in [-0.2, -0.15) is 0 Å². The molecule has 6 heteroatoms. The number of rotatable bonds is 5. The molecule has 2 rings (SSSR count). The molecule has 0 bridgehead atoms. The Morgan fingerprint density at radius 1 is 1.19 bits per heavy atom. The maximum Gasteiger partial charge on any atom is 0.238 e. The van der Waals surface area contributed by atoms with Crippen LogP contribution in [0.25, 0.3) is 0 Å². The normalized spacial score (nSPS) is 16.5. The molecule has 1 aromatic rings. The van der Waals surface area contributed by atoms with E-state index in [0.717, 1.165) is 26.2 Å². The number of nitrogens with one attached hydrogen (secondary N) is 1. The summed E-state index contributed by atoms with van der Waals surface area (Å²) in [5.41, 5.74) is 0.664. The van der Waals surface area contributed by atoms with Gasteiger partial charge in [-0.1, -0.05) is 0 Å². The van der Waals surface area contributed by atoms with Crippen molar-refractivity contribution in [3.63, 3.8) is 0 Å². The molecular formula is C15H23N3O3. The van der Waals surface area contributed by atoms with Gasteiger partial charge in [-0.15, -0.1) is 0 Å². The van der Waals surface area contributed by atoms with Crippen molar-refractivity contribution in [2.45, 2.75) is 0 Å². The quantitative estimate of drug-likeness (QED) is 0.874. The minimum atomic E-state index is -0.0250. The second kappa shape index (κ2) is 7.28. The molecule has 0 atom stereocenters. The zero-order valence-electron chi connectivity index (χ0n) is 12.9. The molecule has 0 spiro atoms. The van der Waals surface area contributed by atoms with E-state index < -0.39 is 0 Å². The molecule has 1 N–H and O–H groups in total. The fourth-order valence-corrected chi connectivity index (χ4v) is 2.30. The Morgan fingerprint density at radius 3 is 2.52 bits per heavy atom. The minimum Gasteiger partial charge on any atom is -0.497 e. The molecule has 0 aliphatic carbocycles. The summed E-state index contributed by atoms with van der Waals surface area (Å²) in [6.07, 6.45) is 0. The number of anilines is 1. The summed E-state index contributed by atoms with van der Waals surface area (Å²) >= 11 is 0. The Labute approximate surface area is 125 Å². The Kier molecular flexibility index (Phi) is 5.41. The van der Waals surface area contributed by atoms with Gasteiger partial charge in [-0.3, -0.25) is 9.69 Å². The minimum absolute atomic E-state index is 0.0250. The number of likely N-dealkylation sites (N-methyl/N-ethyl adjacent to an activating group) is 1. The molecule has 116 valence electrons. The molecular weight excluding hydrogens is 270 g/mol. The molecule has 1 aliphatic rings. The smallest absolute Gasteiger partial charge is 0.238 e. The maximum absolute atomic E-state index is 12.1. The third-order valence-corrected chi connectivity index (χ3v) is 3.65. The summed E-state index contributed by atoms with van der Waals surface area (Å²) in [5, 5.41) is 2.90. The maximum atomic E-state index is 12.1. The van der Waals surface area contributed by atoms with Crippen molar-refractivity contribution in [3.8, 4) is 11.5 Å². The van der Waals surface area contributed by atoms with Crippen LogP contribution in [-0.2, 0) is 4.79 Å². The van der Waals surface area contributed by atoms with Gasteiger partial charge < -0.3 is 19.7 Å². The molecule has 1 aliphatic heterocycles. The molecule has 1 amide bonds. The number of benzene rings is 1. The largest absolute Gasteiger partial charge is 0.497 e. The second-order valence-corrected chi connectivity index (χ2v) is 5.19. The summed E-state index contributed by atoms with van der Waals surface area (Å²) in [7, 11) is 5.27. The molecule has 21 heavy (non-hydrogen) atoms. The Balaban J connectivity index is 1.93. The zero-order valence-corrected chi connectivity index (χ0v) is 12.9. The number of hydrogen-bond acceptors (Lipinski definition) is 5. The standard InChI is InChI=1S/C15H23N3O3/c1-17-6-8-18(9-7-17)11-15(19)16-13-5-4-12(20-2)10-14(13)21-3/h4-5,10H,6-9,11H2,1-3H3,(H,16,19). The molecule has 6 nitrogen and oxygen atoms in total. The van der Waals surface area contributed by atoms with Crippen LogP contribution in [0.2, 0.25) is 0 Å². The van der Waals surface area contributed by atoms with E-state index in [4.69, 9.17) is 9.47 Å². The first-order valence-electron chi connectivity index (χ1n) is 7.05. The van der Waals surface area contributed by atoms with E-state index in [1.165, 1.54) is 0 Å². The molecule has 1 aromatic carbocycles. The van der Waals surface area contributed by atoms with Gasteiger partial charge in [-0.25, -0.2) is 0 Å². The molecule has 0 unspecified atom stereocenters. The first-order chi connectivity index (χ1) is 10.1. The topological polar surface area (TPSA) is 54.0 Å². The van der Waals surface area contributed by atoms with Crippen LogP contribution in [0.1, 0.15) is 0 Å². The molecule has 0 saturated carbocycles. The van der Waals surface area contributed by atoms with Crippen molar-refractivity contribution < 1.29 is 14.3 Å². The van der Waals surface area contributed by atoms with E-state index >= 15 is 0 Å². The Hall–Kier alpha value is -1.79. The third-order valence-electron chi connectivity index (χ3n) is 3.65. The van der Waals surface area contributed by atoms with Crippen LogP contribution in [0.3, 0.4) is 0 Å². The third kappa shape index (κ3) is 4.34. The second-order valence-electron chi connectivity index (χ2n) is 5.19. The van der Waals surface area contributed by atoms with Crippen molar-refractivity contribution in [2.24, 2.45) is 0 Å². The van der Waals surface area contributed by atoms with Crippen LogP contribution in [0.5, 0.6) is 11.5 Å². The average molecular weight is 293 g/mol. The van der Waals surface area contributed by atoms with E-state index in [-0.39, 0.29) is 5.91 Å². The summed E-state index contributed by atoms with van der Waals surface area (Å²) in [6.45, 7) is 4.24. The van der Waals surface area contributed by atoms with Crippen LogP contribution < -0.4 is 14.8 Å². The number of amides is 1. The van der Waals surface area contributed by atoms with Crippen LogP contribution in [0.15, 0.2) is 18.2 Å². The Bertz CT molecular complexity index is 485. The predicted molar refractivity (Wildman–Crippen MR) is 82.1 cm³/mol. The van der Waals surface area contributed by atoms with Crippen molar-refractivity contribution in [1.29, 1.82) is 0 Å². The number of ether oxygens (including phenoxy) is 2. The van der Waals surface area contributed by atoms with Crippen molar-refractivity contribution >= 4 is 11.6 Å². The van der Waals surface area contributed by atoms with Gasteiger partial charge in [0.2, 0.25) is 5.91 Å². The number of carbonyl (C=O) groups excluding carboxylic acids is 1. The fourth-order valence-electron chi connectivity index (χ4n) is 2.30. The average Bonchev–Trinajstić information content (AvgIpc) is 2.50. The molecule has 0 radical (unpaired) electrons. The van der Waals surface area contributed by atoms with Crippen molar-refractivity contribution in [1.82, 2.24) is 9.80 Å². The zero-order chi connectivity index (χ0) is 15.2. The van der Waals surface area contributed by atoms with E-state index in [2.05, 4.69) is 22.2 Å². The number of nitrogens with zero attached hydrogens (tertiary/aromatic N) is 2. The number of piperazine rings is 1. The van der Waals surface area contributed by atoms with E-state index in [1.807, 2.05) is 0 Å². The van der Waals surface area contributed by atoms with Crippen molar-refractivity contribution in [3.05, 3.63) is 18.2 Å². The highest BCUT2D eigenvalue weighted by atomic mass is 16.5. The first-order valence-corrected chi connectivity index (χ1v) is 7.05. The predicted octanol–water partition coefficient (Wildman–Crippen LogP) is 0.890. The first kappa shape index (κ1) is 15.6. The molecule has 1 fully saturated rings. The molecule has 1 heterocycles. The van der Waals surface area contributed by atoms with Gasteiger partial charge in [0, 0.05) is 32.2 Å². The summed E-state index contributed by atoms with van der Waals surface area (Å²) < 4.78 is 10.4. The fraction of sp³-hybridized carbons (Fsp3) is 0.533. The van der Waals surface area contributed by atoms with E-state index in [0.29, 0.717) is 23.7 Å². The summed E-state index contributed by atoms with van der Waals surface area (Å²) in [4.78, 5) is 16.6. The molecule has 1 saturated heterocycles. The highest BCUT2D eigenvalue weighted by molar-refractivity contribution is 5.93. The summed E-state index contributed by atoms with van der Waals surface area (Å²) in [5.74, 6) is 1.27. The SMILES string of the molecule is COc1ccc(NC(=O)CN2CCN(C)CC2)c(OC)c1. The lowest BCUT2D eigenvalue weighted by atomic mass is 10.2. The van der Waals surface area contributed by atoms with Crippen LogP contribution in [-0.4, -0.2) is 69.7 Å². The number of carbonyl (C=O) groups is 1.